The van der Waals surface area contributed by atoms with Gasteiger partial charge in [-0.1, -0.05) is 24.3 Å². The van der Waals surface area contributed by atoms with Crippen molar-refractivity contribution in [3.63, 3.8) is 0 Å². The minimum Gasteiger partial charge on any atom is -0.495 e. The van der Waals surface area contributed by atoms with Gasteiger partial charge in [-0.3, -0.25) is 4.79 Å². The van der Waals surface area contributed by atoms with E-state index in [0.29, 0.717) is 11.4 Å². The standard InChI is InChI=1S/C23H21N3O2S/c1-15(22(27)25-18-7-3-5-9-20(18)28-2)24-17-13-11-16(12-14-17)23-26-19-8-4-6-10-21(19)29-23/h3-15,24H,1-2H3,(H,25,27)/t15-/m1/s1. The van der Waals surface area contributed by atoms with Gasteiger partial charge in [0.25, 0.3) is 0 Å². The smallest absolute Gasteiger partial charge is 0.246 e. The number of carbonyl (C=O) groups excluding carboxylic acids is 1. The first kappa shape index (κ1) is 19.0. The number of rotatable bonds is 6. The molecule has 6 heteroatoms. The number of nitrogens with one attached hydrogen (secondary N) is 2. The van der Waals surface area contributed by atoms with Gasteiger partial charge in [0.05, 0.1) is 23.0 Å². The van der Waals surface area contributed by atoms with Crippen LogP contribution in [0.3, 0.4) is 0 Å². The van der Waals surface area contributed by atoms with Crippen molar-refractivity contribution in [2.45, 2.75) is 13.0 Å². The van der Waals surface area contributed by atoms with Gasteiger partial charge in [-0.2, -0.15) is 0 Å². The predicted octanol–water partition coefficient (Wildman–Crippen LogP) is 5.41. The summed E-state index contributed by atoms with van der Waals surface area (Å²) in [6, 6.07) is 23.0. The van der Waals surface area contributed by atoms with Crippen molar-refractivity contribution < 1.29 is 9.53 Å². The number of nitrogens with zero attached hydrogens (tertiary/aromatic N) is 1. The van der Waals surface area contributed by atoms with Gasteiger partial charge in [0.1, 0.15) is 16.8 Å². The Hall–Kier alpha value is -3.38. The largest absolute Gasteiger partial charge is 0.495 e. The van der Waals surface area contributed by atoms with Gasteiger partial charge >= 0.3 is 0 Å². The summed E-state index contributed by atoms with van der Waals surface area (Å²) in [6.07, 6.45) is 0. The maximum Gasteiger partial charge on any atom is 0.246 e. The Morgan fingerprint density at radius 2 is 1.72 bits per heavy atom. The van der Waals surface area contributed by atoms with Crippen LogP contribution in [-0.4, -0.2) is 24.0 Å². The SMILES string of the molecule is COc1ccccc1NC(=O)[C@@H](C)Nc1ccc(-c2nc3ccccc3s2)cc1. The first-order valence-corrected chi connectivity index (χ1v) is 10.1. The van der Waals surface area contributed by atoms with E-state index in [2.05, 4.69) is 21.7 Å². The lowest BCUT2D eigenvalue weighted by Gasteiger charge is -2.16. The zero-order valence-corrected chi connectivity index (χ0v) is 17.0. The molecule has 1 amide bonds. The second kappa shape index (κ2) is 8.32. The number of thiazole rings is 1. The number of para-hydroxylation sites is 3. The van der Waals surface area contributed by atoms with Crippen LogP contribution in [0.25, 0.3) is 20.8 Å². The topological polar surface area (TPSA) is 63.2 Å². The highest BCUT2D eigenvalue weighted by atomic mass is 32.1. The monoisotopic (exact) mass is 403 g/mol. The second-order valence-corrected chi connectivity index (χ2v) is 7.65. The fourth-order valence-corrected chi connectivity index (χ4v) is 3.98. The van der Waals surface area contributed by atoms with Crippen LogP contribution < -0.4 is 15.4 Å². The van der Waals surface area contributed by atoms with Gasteiger partial charge < -0.3 is 15.4 Å². The van der Waals surface area contributed by atoms with Gasteiger partial charge in [-0.15, -0.1) is 11.3 Å². The molecule has 4 rings (SSSR count). The molecule has 0 unspecified atom stereocenters. The number of hydrogen-bond donors (Lipinski definition) is 2. The number of anilines is 2. The van der Waals surface area contributed by atoms with E-state index in [9.17, 15) is 4.79 Å². The number of ether oxygens (including phenoxy) is 1. The molecule has 0 aliphatic carbocycles. The van der Waals surface area contributed by atoms with E-state index in [0.717, 1.165) is 21.8 Å². The second-order valence-electron chi connectivity index (χ2n) is 6.62. The molecule has 0 aliphatic heterocycles. The lowest BCUT2D eigenvalue weighted by atomic mass is 10.2. The highest BCUT2D eigenvalue weighted by Gasteiger charge is 2.15. The first-order valence-electron chi connectivity index (χ1n) is 9.30. The lowest BCUT2D eigenvalue weighted by Crippen LogP contribution is -2.31. The summed E-state index contributed by atoms with van der Waals surface area (Å²) >= 11 is 1.67. The van der Waals surface area contributed by atoms with Crippen LogP contribution in [0.5, 0.6) is 5.75 Å². The normalized spacial score (nSPS) is 11.8. The zero-order valence-electron chi connectivity index (χ0n) is 16.2. The molecule has 146 valence electrons. The Balaban J connectivity index is 1.43. The lowest BCUT2D eigenvalue weighted by molar-refractivity contribution is -0.116. The molecule has 1 atom stereocenters. The van der Waals surface area contributed by atoms with E-state index in [4.69, 9.17) is 4.74 Å². The average Bonchev–Trinajstić information content (AvgIpc) is 3.19. The molecule has 0 aliphatic rings. The van der Waals surface area contributed by atoms with Gasteiger partial charge in [0.15, 0.2) is 0 Å². The summed E-state index contributed by atoms with van der Waals surface area (Å²) in [5, 5.41) is 7.12. The van der Waals surface area contributed by atoms with Crippen LogP contribution in [0.15, 0.2) is 72.8 Å². The van der Waals surface area contributed by atoms with Crippen LogP contribution in [-0.2, 0) is 4.79 Å². The molecule has 0 saturated carbocycles. The summed E-state index contributed by atoms with van der Waals surface area (Å²) in [5.41, 5.74) is 3.59. The molecule has 3 aromatic carbocycles. The van der Waals surface area contributed by atoms with E-state index >= 15 is 0 Å². The quantitative estimate of drug-likeness (QED) is 0.452. The molecule has 0 fully saturated rings. The van der Waals surface area contributed by atoms with E-state index in [-0.39, 0.29) is 5.91 Å². The number of carbonyl (C=O) groups is 1. The number of aromatic nitrogens is 1. The maximum atomic E-state index is 12.5. The molecule has 1 aromatic heterocycles. The predicted molar refractivity (Wildman–Crippen MR) is 120 cm³/mol. The molecular weight excluding hydrogens is 382 g/mol. The Labute approximate surface area is 173 Å². The minimum absolute atomic E-state index is 0.134. The fourth-order valence-electron chi connectivity index (χ4n) is 3.01. The number of methoxy groups -OCH3 is 1. The molecule has 0 spiro atoms. The number of fused-ring (bicyclic) bond motifs is 1. The highest BCUT2D eigenvalue weighted by molar-refractivity contribution is 7.21. The average molecular weight is 404 g/mol. The molecule has 5 nitrogen and oxygen atoms in total. The number of hydrogen-bond acceptors (Lipinski definition) is 5. The molecule has 0 bridgehead atoms. The Bertz CT molecular complexity index is 1110. The first-order chi connectivity index (χ1) is 14.1. The van der Waals surface area contributed by atoms with Crippen LogP contribution in [0, 0.1) is 0 Å². The number of benzene rings is 3. The van der Waals surface area contributed by atoms with E-state index in [1.54, 1.807) is 18.4 Å². The third-order valence-corrected chi connectivity index (χ3v) is 5.65. The minimum atomic E-state index is -0.409. The van der Waals surface area contributed by atoms with Crippen LogP contribution in [0.2, 0.25) is 0 Å². The van der Waals surface area contributed by atoms with Gasteiger partial charge in [0.2, 0.25) is 5.91 Å². The Morgan fingerprint density at radius 3 is 2.48 bits per heavy atom. The summed E-state index contributed by atoms with van der Waals surface area (Å²) in [6.45, 7) is 1.83. The van der Waals surface area contributed by atoms with Crippen molar-refractivity contribution in [3.05, 3.63) is 72.8 Å². The molecule has 29 heavy (non-hydrogen) atoms. The summed E-state index contributed by atoms with van der Waals surface area (Å²) < 4.78 is 6.45. The van der Waals surface area contributed by atoms with E-state index in [1.165, 1.54) is 4.70 Å². The van der Waals surface area contributed by atoms with E-state index < -0.39 is 6.04 Å². The summed E-state index contributed by atoms with van der Waals surface area (Å²) in [4.78, 5) is 17.2. The summed E-state index contributed by atoms with van der Waals surface area (Å²) in [7, 11) is 1.58. The van der Waals surface area contributed by atoms with Crippen molar-refractivity contribution in [1.29, 1.82) is 0 Å². The molecular formula is C23H21N3O2S. The molecule has 0 radical (unpaired) electrons. The van der Waals surface area contributed by atoms with E-state index in [1.807, 2.05) is 73.7 Å². The highest BCUT2D eigenvalue weighted by Crippen LogP contribution is 2.30. The van der Waals surface area contributed by atoms with Crippen LogP contribution in [0.1, 0.15) is 6.92 Å². The van der Waals surface area contributed by atoms with Crippen molar-refractivity contribution in [2.24, 2.45) is 0 Å². The van der Waals surface area contributed by atoms with Crippen molar-refractivity contribution >= 4 is 38.8 Å². The van der Waals surface area contributed by atoms with Gasteiger partial charge in [-0.25, -0.2) is 4.98 Å². The fraction of sp³-hybridized carbons (Fsp3) is 0.130. The molecule has 4 aromatic rings. The Kier molecular flexibility index (Phi) is 5.44. The Morgan fingerprint density at radius 1 is 1.00 bits per heavy atom. The number of amides is 1. The van der Waals surface area contributed by atoms with Crippen molar-refractivity contribution in [1.82, 2.24) is 4.98 Å². The molecule has 1 heterocycles. The van der Waals surface area contributed by atoms with Crippen molar-refractivity contribution in [2.75, 3.05) is 17.7 Å². The van der Waals surface area contributed by atoms with Crippen LogP contribution in [0.4, 0.5) is 11.4 Å². The maximum absolute atomic E-state index is 12.5. The van der Waals surface area contributed by atoms with Crippen LogP contribution >= 0.6 is 11.3 Å². The molecule has 2 N–H and O–H groups in total. The third-order valence-electron chi connectivity index (χ3n) is 4.57. The zero-order chi connectivity index (χ0) is 20.2. The van der Waals surface area contributed by atoms with Gasteiger partial charge in [0, 0.05) is 11.3 Å². The third kappa shape index (κ3) is 4.22. The van der Waals surface area contributed by atoms with Gasteiger partial charge in [-0.05, 0) is 55.5 Å². The summed E-state index contributed by atoms with van der Waals surface area (Å²) in [5.74, 6) is 0.498. The molecule has 0 saturated heterocycles. The van der Waals surface area contributed by atoms with Crippen molar-refractivity contribution in [3.8, 4) is 16.3 Å².